The molecule has 2 aliphatic heterocycles. The molecule has 5 heteroatoms. The lowest BCUT2D eigenvalue weighted by Crippen LogP contribution is -2.73. The first-order valence-corrected chi connectivity index (χ1v) is 18.3. The van der Waals surface area contributed by atoms with Crippen molar-refractivity contribution in [3.8, 4) is 11.5 Å². The molecule has 7 rings (SSSR count). The number of hydrogen-bond donors (Lipinski definition) is 0. The van der Waals surface area contributed by atoms with Crippen molar-refractivity contribution in [2.75, 3.05) is 4.90 Å². The third-order valence-electron chi connectivity index (χ3n) is 9.10. The molecule has 0 N–H and O–H groups in total. The van der Waals surface area contributed by atoms with Crippen LogP contribution in [0.1, 0.15) is 27.7 Å². The summed E-state index contributed by atoms with van der Waals surface area (Å²) in [5.74, 6) is 1.64. The highest BCUT2D eigenvalue weighted by Gasteiger charge is 2.53. The normalized spacial score (nSPS) is 15.9. The van der Waals surface area contributed by atoms with Gasteiger partial charge in [-0.15, -0.1) is 0 Å². The summed E-state index contributed by atoms with van der Waals surface area (Å²) in [7, 11) is -5.32. The topological polar surface area (TPSA) is 29.5 Å². The Morgan fingerprint density at radius 2 is 1.02 bits per heavy atom. The maximum atomic E-state index is 15.7. The Morgan fingerprint density at radius 1 is 0.585 bits per heavy atom. The second kappa shape index (κ2) is 9.62. The molecule has 0 spiro atoms. The van der Waals surface area contributed by atoms with E-state index < -0.39 is 15.2 Å². The Labute approximate surface area is 243 Å². The molecule has 41 heavy (non-hydrogen) atoms. The molecule has 0 aromatic heterocycles. The van der Waals surface area contributed by atoms with Gasteiger partial charge in [-0.05, 0) is 70.0 Å². The summed E-state index contributed by atoms with van der Waals surface area (Å²) in [4.78, 5) is 2.23. The van der Waals surface area contributed by atoms with Gasteiger partial charge in [-0.25, -0.2) is 0 Å². The van der Waals surface area contributed by atoms with Crippen molar-refractivity contribution in [3.63, 3.8) is 0 Å². The number of para-hydroxylation sites is 4. The van der Waals surface area contributed by atoms with Gasteiger partial charge in [0.15, 0.2) is 18.6 Å². The zero-order valence-corrected chi connectivity index (χ0v) is 25.8. The summed E-state index contributed by atoms with van der Waals surface area (Å²) in [5, 5.41) is 5.62. The van der Waals surface area contributed by atoms with Gasteiger partial charge in [0.25, 0.3) is 0 Å². The van der Waals surface area contributed by atoms with Crippen molar-refractivity contribution in [2.24, 2.45) is 0 Å². The number of ether oxygens (including phenoxy) is 1. The van der Waals surface area contributed by atoms with Crippen LogP contribution in [0, 0.1) is 0 Å². The van der Waals surface area contributed by atoms with Crippen molar-refractivity contribution < 1.29 is 9.30 Å². The first-order valence-electron chi connectivity index (χ1n) is 14.4. The highest BCUT2D eigenvalue weighted by molar-refractivity contribution is 7.87. The molecule has 0 amide bonds. The molecule has 2 heterocycles. The molecule has 5 aromatic rings. The van der Waals surface area contributed by atoms with E-state index in [0.29, 0.717) is 11.1 Å². The molecule has 0 atom stereocenters. The Morgan fingerprint density at radius 3 is 1.51 bits per heavy atom. The van der Waals surface area contributed by atoms with Crippen molar-refractivity contribution in [3.05, 3.63) is 121 Å². The second-order valence-electron chi connectivity index (χ2n) is 11.7. The lowest BCUT2D eigenvalue weighted by atomic mass is 10.1. The third-order valence-corrected chi connectivity index (χ3v) is 19.0. The highest BCUT2D eigenvalue weighted by atomic mass is 31.2. The monoisotopic (exact) mass is 571 g/mol. The van der Waals surface area contributed by atoms with Gasteiger partial charge in [0.1, 0.15) is 8.07 Å². The molecule has 0 bridgehead atoms. The van der Waals surface area contributed by atoms with Gasteiger partial charge in [-0.3, -0.25) is 0 Å². The van der Waals surface area contributed by atoms with Gasteiger partial charge < -0.3 is 14.2 Å². The zero-order valence-electron chi connectivity index (χ0n) is 23.9. The van der Waals surface area contributed by atoms with Gasteiger partial charge in [-0.2, -0.15) is 0 Å². The Balaban J connectivity index is 1.42. The largest absolute Gasteiger partial charge is 0.453 e. The SMILES string of the molecule is CC(C)[Si]1(C(C)C)c2ccccc2P(=O)(c2ccc(N3c4ccccc4Oc4ccccc43)cc2)c2ccccc21. The molecule has 0 saturated heterocycles. The predicted molar refractivity (Wildman–Crippen MR) is 176 cm³/mol. The van der Waals surface area contributed by atoms with Crippen molar-refractivity contribution in [1.29, 1.82) is 0 Å². The standard InChI is InChI=1S/C36H34NO2PSi/c1-25(2)41(26(3)4)35-19-11-9-17-33(35)40(38,34-18-10-12-20-36(34)41)28-23-21-27(22-24-28)37-29-13-5-7-15-31(29)39-32-16-8-6-14-30(32)37/h5-26H,1-4H3. The van der Waals surface area contributed by atoms with Crippen LogP contribution in [0.3, 0.4) is 0 Å². The molecule has 3 nitrogen and oxygen atoms in total. The smallest absolute Gasteiger partial charge is 0.170 e. The summed E-state index contributed by atoms with van der Waals surface area (Å²) in [5.41, 5.74) is 3.94. The molecule has 204 valence electrons. The molecule has 2 aliphatic rings. The molecule has 0 radical (unpaired) electrons. The van der Waals surface area contributed by atoms with Crippen molar-refractivity contribution >= 4 is 58.6 Å². The maximum Gasteiger partial charge on any atom is 0.170 e. The molecule has 0 aliphatic carbocycles. The van der Waals surface area contributed by atoms with E-state index >= 15 is 4.57 Å². The van der Waals surface area contributed by atoms with E-state index in [-0.39, 0.29) is 0 Å². The molecular formula is C36H34NO2PSi. The van der Waals surface area contributed by atoms with Gasteiger partial charge >= 0.3 is 0 Å². The predicted octanol–water partition coefficient (Wildman–Crippen LogP) is 7.60. The molecular weight excluding hydrogens is 537 g/mol. The fourth-order valence-corrected chi connectivity index (χ4v) is 18.2. The van der Waals surface area contributed by atoms with Crippen LogP contribution < -0.4 is 35.9 Å². The first kappa shape index (κ1) is 26.1. The zero-order chi connectivity index (χ0) is 28.4. The summed E-state index contributed by atoms with van der Waals surface area (Å²) < 4.78 is 21.9. The van der Waals surface area contributed by atoms with Crippen molar-refractivity contribution in [2.45, 2.75) is 38.8 Å². The van der Waals surface area contributed by atoms with Gasteiger partial charge in [0, 0.05) is 21.6 Å². The fourth-order valence-electron chi connectivity index (χ4n) is 7.45. The van der Waals surface area contributed by atoms with E-state index in [9.17, 15) is 0 Å². The molecule has 0 saturated carbocycles. The molecule has 0 unspecified atom stereocenters. The van der Waals surface area contributed by atoms with Gasteiger partial charge in [0.2, 0.25) is 0 Å². The van der Waals surface area contributed by atoms with E-state index in [4.69, 9.17) is 4.74 Å². The Kier molecular flexibility index (Phi) is 6.11. The Hall–Kier alpha value is -3.85. The van der Waals surface area contributed by atoms with Crippen molar-refractivity contribution in [1.82, 2.24) is 0 Å². The number of anilines is 3. The summed E-state index contributed by atoms with van der Waals surface area (Å²) in [6, 6.07) is 41.9. The summed E-state index contributed by atoms with van der Waals surface area (Å²) in [6.45, 7) is 9.46. The van der Waals surface area contributed by atoms with Crippen LogP contribution in [-0.4, -0.2) is 8.07 Å². The first-order chi connectivity index (χ1) is 19.9. The van der Waals surface area contributed by atoms with Gasteiger partial charge in [-0.1, -0.05) is 100 Å². The van der Waals surface area contributed by atoms with Gasteiger partial charge in [0.05, 0.1) is 11.4 Å². The minimum Gasteiger partial charge on any atom is -0.453 e. The second-order valence-corrected chi connectivity index (χ2v) is 19.5. The average Bonchev–Trinajstić information content (AvgIpc) is 3.00. The van der Waals surface area contributed by atoms with E-state index in [1.54, 1.807) is 0 Å². The number of hydrogen-bond acceptors (Lipinski definition) is 3. The van der Waals surface area contributed by atoms with E-state index in [1.165, 1.54) is 10.4 Å². The van der Waals surface area contributed by atoms with Crippen LogP contribution in [0.2, 0.25) is 11.1 Å². The highest BCUT2D eigenvalue weighted by Crippen LogP contribution is 2.51. The van der Waals surface area contributed by atoms with Crippen LogP contribution in [0.5, 0.6) is 11.5 Å². The molecule has 5 aromatic carbocycles. The number of fused-ring (bicyclic) bond motifs is 4. The lowest BCUT2D eigenvalue weighted by molar-refractivity contribution is 0.477. The molecule has 0 fully saturated rings. The number of rotatable bonds is 4. The number of benzene rings is 5. The van der Waals surface area contributed by atoms with Crippen LogP contribution in [0.15, 0.2) is 121 Å². The maximum absolute atomic E-state index is 15.7. The van der Waals surface area contributed by atoms with Crippen LogP contribution in [0.25, 0.3) is 0 Å². The summed E-state index contributed by atoms with van der Waals surface area (Å²) in [6.07, 6.45) is 0. The quantitative estimate of drug-likeness (QED) is 0.161. The lowest BCUT2D eigenvalue weighted by Gasteiger charge is -2.47. The van der Waals surface area contributed by atoms with E-state index in [0.717, 1.165) is 44.5 Å². The number of nitrogens with zero attached hydrogens (tertiary/aromatic N) is 1. The minimum atomic E-state index is -3.11. The van der Waals surface area contributed by atoms with E-state index in [2.05, 4.69) is 118 Å². The summed E-state index contributed by atoms with van der Waals surface area (Å²) >= 11 is 0. The van der Waals surface area contributed by atoms with Crippen LogP contribution in [-0.2, 0) is 4.57 Å². The fraction of sp³-hybridized carbons (Fsp3) is 0.167. The average molecular weight is 572 g/mol. The Bertz CT molecular complexity index is 1720. The third kappa shape index (κ3) is 3.60. The van der Waals surface area contributed by atoms with E-state index in [1.807, 2.05) is 36.4 Å². The minimum absolute atomic E-state index is 0.474. The van der Waals surface area contributed by atoms with Crippen LogP contribution >= 0.6 is 7.14 Å². The van der Waals surface area contributed by atoms with Crippen LogP contribution in [0.4, 0.5) is 17.1 Å².